The van der Waals surface area contributed by atoms with Crippen molar-refractivity contribution in [3.63, 3.8) is 0 Å². The highest BCUT2D eigenvalue weighted by atomic mass is 79.9. The van der Waals surface area contributed by atoms with Crippen LogP contribution in [0.4, 0.5) is 0 Å². The van der Waals surface area contributed by atoms with Gasteiger partial charge in [-0.25, -0.2) is 0 Å². The zero-order valence-electron chi connectivity index (χ0n) is 7.36. The zero-order valence-corrected chi connectivity index (χ0v) is 9.76. The third kappa shape index (κ3) is 1.96. The molecule has 0 aliphatic carbocycles. The molecule has 0 aliphatic rings. The molecule has 0 bridgehead atoms. The maximum absolute atomic E-state index is 4.25. The molecule has 0 fully saturated rings. The van der Waals surface area contributed by atoms with Gasteiger partial charge in [0.1, 0.15) is 5.69 Å². The second-order valence-corrected chi connectivity index (χ2v) is 4.22. The topological polar surface area (TPSA) is 54.5 Å². The average molecular weight is 271 g/mol. The molecule has 2 aromatic rings. The Labute approximate surface area is 93.7 Å². The quantitative estimate of drug-likeness (QED) is 0.852. The summed E-state index contributed by atoms with van der Waals surface area (Å²) >= 11 is 4.82. The molecule has 4 nitrogen and oxygen atoms in total. The van der Waals surface area contributed by atoms with Gasteiger partial charge >= 0.3 is 0 Å². The largest absolute Gasteiger partial charge is 0.257 e. The van der Waals surface area contributed by atoms with E-state index in [4.69, 9.17) is 0 Å². The Kier molecular flexibility index (Phi) is 2.83. The van der Waals surface area contributed by atoms with Crippen LogP contribution in [-0.4, -0.2) is 26.4 Å². The van der Waals surface area contributed by atoms with E-state index in [1.807, 2.05) is 18.4 Å². The van der Waals surface area contributed by atoms with Gasteiger partial charge in [0, 0.05) is 10.7 Å². The Morgan fingerprint density at radius 3 is 2.86 bits per heavy atom. The van der Waals surface area contributed by atoms with Crippen molar-refractivity contribution in [3.8, 4) is 11.5 Å². The molecular formula is C8H7BrN4S. The van der Waals surface area contributed by atoms with Crippen molar-refractivity contribution in [2.24, 2.45) is 0 Å². The smallest absolute Gasteiger partial charge is 0.208 e. The molecule has 14 heavy (non-hydrogen) atoms. The molecule has 0 unspecified atom stereocenters. The summed E-state index contributed by atoms with van der Waals surface area (Å²) < 4.78 is 0.950. The van der Waals surface area contributed by atoms with Crippen LogP contribution < -0.4 is 0 Å². The monoisotopic (exact) mass is 270 g/mol. The van der Waals surface area contributed by atoms with Gasteiger partial charge in [-0.15, -0.1) is 5.10 Å². The van der Waals surface area contributed by atoms with Crippen LogP contribution in [0.25, 0.3) is 11.5 Å². The van der Waals surface area contributed by atoms with E-state index in [1.54, 1.807) is 6.20 Å². The lowest BCUT2D eigenvalue weighted by Crippen LogP contribution is -1.84. The summed E-state index contributed by atoms with van der Waals surface area (Å²) in [6.07, 6.45) is 3.67. The number of rotatable bonds is 2. The first-order chi connectivity index (χ1) is 6.79. The minimum absolute atomic E-state index is 0.696. The van der Waals surface area contributed by atoms with Gasteiger partial charge in [-0.05, 0) is 34.3 Å². The fourth-order valence-electron chi connectivity index (χ4n) is 0.968. The third-order valence-corrected chi connectivity index (χ3v) is 2.63. The number of hydrogen-bond donors (Lipinski definition) is 1. The molecule has 0 radical (unpaired) electrons. The maximum atomic E-state index is 4.25. The molecular weight excluding hydrogens is 264 g/mol. The van der Waals surface area contributed by atoms with E-state index in [2.05, 4.69) is 36.1 Å². The normalized spacial score (nSPS) is 10.4. The SMILES string of the molecule is CSc1n[nH]c(-c2ccc(Br)cn2)n1. The fraction of sp³-hybridized carbons (Fsp3) is 0.125. The molecule has 2 rings (SSSR count). The van der Waals surface area contributed by atoms with Gasteiger partial charge in [-0.3, -0.25) is 10.1 Å². The standard InChI is InChI=1S/C8H7BrN4S/c1-14-8-11-7(12-13-8)6-3-2-5(9)4-10-6/h2-4H,1H3,(H,11,12,13). The molecule has 0 aliphatic heterocycles. The summed E-state index contributed by atoms with van der Waals surface area (Å²) in [4.78, 5) is 8.45. The molecule has 0 atom stereocenters. The molecule has 2 heterocycles. The highest BCUT2D eigenvalue weighted by molar-refractivity contribution is 9.10. The van der Waals surface area contributed by atoms with Crippen LogP contribution in [0.3, 0.4) is 0 Å². The summed E-state index contributed by atoms with van der Waals surface area (Å²) in [5.74, 6) is 0.696. The molecule has 0 saturated heterocycles. The molecule has 1 N–H and O–H groups in total. The number of hydrogen-bond acceptors (Lipinski definition) is 4. The lowest BCUT2D eigenvalue weighted by atomic mass is 10.3. The van der Waals surface area contributed by atoms with Crippen LogP contribution >= 0.6 is 27.7 Å². The van der Waals surface area contributed by atoms with Crippen molar-refractivity contribution < 1.29 is 0 Å². The second kappa shape index (κ2) is 4.10. The lowest BCUT2D eigenvalue weighted by molar-refractivity contribution is 0.976. The van der Waals surface area contributed by atoms with E-state index in [0.717, 1.165) is 15.3 Å². The number of pyridine rings is 1. The van der Waals surface area contributed by atoms with Crippen molar-refractivity contribution in [1.29, 1.82) is 0 Å². The highest BCUT2D eigenvalue weighted by Crippen LogP contribution is 2.17. The van der Waals surface area contributed by atoms with E-state index in [0.29, 0.717) is 5.82 Å². The predicted molar refractivity (Wildman–Crippen MR) is 59.1 cm³/mol. The lowest BCUT2D eigenvalue weighted by Gasteiger charge is -1.93. The number of nitrogens with one attached hydrogen (secondary N) is 1. The van der Waals surface area contributed by atoms with Gasteiger partial charge in [-0.1, -0.05) is 11.8 Å². The van der Waals surface area contributed by atoms with Crippen molar-refractivity contribution in [2.75, 3.05) is 6.26 Å². The van der Waals surface area contributed by atoms with Crippen molar-refractivity contribution >= 4 is 27.7 Å². The number of H-pyrrole nitrogens is 1. The number of nitrogens with zero attached hydrogens (tertiary/aromatic N) is 3. The Balaban J connectivity index is 2.34. The van der Waals surface area contributed by atoms with Gasteiger partial charge in [0.2, 0.25) is 5.16 Å². The molecule has 0 aromatic carbocycles. The van der Waals surface area contributed by atoms with Gasteiger partial charge < -0.3 is 0 Å². The summed E-state index contributed by atoms with van der Waals surface area (Å²) in [6, 6.07) is 3.80. The number of thioether (sulfide) groups is 1. The van der Waals surface area contributed by atoms with Gasteiger partial charge in [0.05, 0.1) is 0 Å². The Hall–Kier alpha value is -0.880. The van der Waals surface area contributed by atoms with E-state index in [1.165, 1.54) is 11.8 Å². The Bertz CT molecular complexity index is 425. The van der Waals surface area contributed by atoms with Crippen LogP contribution in [0.1, 0.15) is 0 Å². The van der Waals surface area contributed by atoms with Crippen LogP contribution in [0.2, 0.25) is 0 Å². The molecule has 2 aromatic heterocycles. The first kappa shape index (κ1) is 9.67. The van der Waals surface area contributed by atoms with E-state index < -0.39 is 0 Å². The van der Waals surface area contributed by atoms with Gasteiger partial charge in [0.25, 0.3) is 0 Å². The van der Waals surface area contributed by atoms with Crippen LogP contribution in [-0.2, 0) is 0 Å². The van der Waals surface area contributed by atoms with Crippen LogP contribution in [0.15, 0.2) is 28.0 Å². The van der Waals surface area contributed by atoms with Crippen molar-refractivity contribution in [3.05, 3.63) is 22.8 Å². The maximum Gasteiger partial charge on any atom is 0.208 e. The fourth-order valence-corrected chi connectivity index (χ4v) is 1.52. The van der Waals surface area contributed by atoms with E-state index in [9.17, 15) is 0 Å². The number of halogens is 1. The summed E-state index contributed by atoms with van der Waals surface area (Å²) in [5.41, 5.74) is 0.793. The van der Waals surface area contributed by atoms with Gasteiger partial charge in [-0.2, -0.15) is 4.98 Å². The molecule has 6 heteroatoms. The summed E-state index contributed by atoms with van der Waals surface area (Å²) in [6.45, 7) is 0. The minimum atomic E-state index is 0.696. The Morgan fingerprint density at radius 2 is 2.29 bits per heavy atom. The van der Waals surface area contributed by atoms with Crippen molar-refractivity contribution in [2.45, 2.75) is 5.16 Å². The van der Waals surface area contributed by atoms with Crippen LogP contribution in [0.5, 0.6) is 0 Å². The third-order valence-electron chi connectivity index (χ3n) is 1.62. The molecule has 72 valence electrons. The van der Waals surface area contributed by atoms with E-state index >= 15 is 0 Å². The molecule has 0 amide bonds. The van der Waals surface area contributed by atoms with Crippen molar-refractivity contribution in [1.82, 2.24) is 20.2 Å². The minimum Gasteiger partial charge on any atom is -0.257 e. The molecule has 0 spiro atoms. The zero-order chi connectivity index (χ0) is 9.97. The number of aromatic amines is 1. The first-order valence-electron chi connectivity index (χ1n) is 3.88. The predicted octanol–water partition coefficient (Wildman–Crippen LogP) is 2.35. The summed E-state index contributed by atoms with van der Waals surface area (Å²) in [7, 11) is 0. The van der Waals surface area contributed by atoms with E-state index in [-0.39, 0.29) is 0 Å². The number of aromatic nitrogens is 4. The summed E-state index contributed by atoms with van der Waals surface area (Å²) in [5, 5.41) is 7.57. The second-order valence-electron chi connectivity index (χ2n) is 2.53. The van der Waals surface area contributed by atoms with Gasteiger partial charge in [0.15, 0.2) is 5.82 Å². The van der Waals surface area contributed by atoms with Crippen LogP contribution in [0, 0.1) is 0 Å². The highest BCUT2D eigenvalue weighted by Gasteiger charge is 2.05. The first-order valence-corrected chi connectivity index (χ1v) is 5.89. The molecule has 0 saturated carbocycles. The Morgan fingerprint density at radius 1 is 1.43 bits per heavy atom. The average Bonchev–Trinajstić information content (AvgIpc) is 2.67.